The Hall–Kier alpha value is -1.36. The van der Waals surface area contributed by atoms with Crippen molar-refractivity contribution < 1.29 is 9.53 Å². The van der Waals surface area contributed by atoms with Gasteiger partial charge in [0.1, 0.15) is 11.4 Å². The summed E-state index contributed by atoms with van der Waals surface area (Å²) in [7, 11) is 0. The SMILES string of the molecule is CC(C)(C)OC(=O)CN1CCn2ccnc2C1. The van der Waals surface area contributed by atoms with Crippen molar-refractivity contribution >= 4 is 5.97 Å². The number of esters is 1. The van der Waals surface area contributed by atoms with E-state index in [0.717, 1.165) is 18.9 Å². The number of carbonyl (C=O) groups excluding carboxylic acids is 1. The molecule has 0 unspecified atom stereocenters. The van der Waals surface area contributed by atoms with Gasteiger partial charge in [0.15, 0.2) is 0 Å². The fourth-order valence-corrected chi connectivity index (χ4v) is 1.91. The van der Waals surface area contributed by atoms with E-state index in [9.17, 15) is 4.79 Å². The van der Waals surface area contributed by atoms with Crippen LogP contribution in [-0.2, 0) is 22.6 Å². The molecule has 0 aliphatic carbocycles. The normalized spacial score (nSPS) is 16.6. The summed E-state index contributed by atoms with van der Waals surface area (Å²) in [6.45, 7) is 8.45. The third-order valence-corrected chi connectivity index (χ3v) is 2.60. The van der Waals surface area contributed by atoms with Gasteiger partial charge in [-0.3, -0.25) is 9.69 Å². The number of aromatic nitrogens is 2. The maximum Gasteiger partial charge on any atom is 0.320 e. The zero-order valence-electron chi connectivity index (χ0n) is 10.6. The van der Waals surface area contributed by atoms with E-state index in [1.807, 2.05) is 27.0 Å². The lowest BCUT2D eigenvalue weighted by Crippen LogP contribution is -2.39. The second-order valence-corrected chi connectivity index (χ2v) is 5.33. The van der Waals surface area contributed by atoms with Gasteiger partial charge >= 0.3 is 5.97 Å². The minimum Gasteiger partial charge on any atom is -0.459 e. The van der Waals surface area contributed by atoms with Gasteiger partial charge in [0.25, 0.3) is 0 Å². The van der Waals surface area contributed by atoms with E-state index in [-0.39, 0.29) is 5.97 Å². The zero-order chi connectivity index (χ0) is 12.5. The topological polar surface area (TPSA) is 47.4 Å². The Morgan fingerprint density at radius 3 is 2.94 bits per heavy atom. The first kappa shape index (κ1) is 12.1. The fraction of sp³-hybridized carbons (Fsp3) is 0.667. The van der Waals surface area contributed by atoms with E-state index in [4.69, 9.17) is 4.74 Å². The Kier molecular flexibility index (Phi) is 3.19. The predicted octanol–water partition coefficient (Wildman–Crippen LogP) is 1.04. The summed E-state index contributed by atoms with van der Waals surface area (Å²) in [5.41, 5.74) is -0.411. The molecule has 0 radical (unpaired) electrons. The van der Waals surface area contributed by atoms with Crippen molar-refractivity contribution in [1.82, 2.24) is 14.5 Å². The zero-order valence-corrected chi connectivity index (χ0v) is 10.6. The van der Waals surface area contributed by atoms with Gasteiger partial charge in [-0.2, -0.15) is 0 Å². The molecule has 0 amide bonds. The minimum atomic E-state index is -0.411. The van der Waals surface area contributed by atoms with Crippen molar-refractivity contribution in [2.45, 2.75) is 39.5 Å². The fourth-order valence-electron chi connectivity index (χ4n) is 1.91. The molecule has 1 aliphatic rings. The highest BCUT2D eigenvalue weighted by Gasteiger charge is 2.22. The van der Waals surface area contributed by atoms with Crippen molar-refractivity contribution in [2.24, 2.45) is 0 Å². The lowest BCUT2D eigenvalue weighted by Gasteiger charge is -2.28. The molecule has 5 nitrogen and oxygen atoms in total. The van der Waals surface area contributed by atoms with Crippen molar-refractivity contribution in [2.75, 3.05) is 13.1 Å². The third-order valence-electron chi connectivity index (χ3n) is 2.60. The highest BCUT2D eigenvalue weighted by atomic mass is 16.6. The molecule has 2 rings (SSSR count). The lowest BCUT2D eigenvalue weighted by atomic mass is 10.2. The summed E-state index contributed by atoms with van der Waals surface area (Å²) in [5.74, 6) is 0.845. The molecule has 5 heteroatoms. The number of ether oxygens (including phenoxy) is 1. The summed E-state index contributed by atoms with van der Waals surface area (Å²) in [5, 5.41) is 0. The van der Waals surface area contributed by atoms with Crippen molar-refractivity contribution in [3.05, 3.63) is 18.2 Å². The second kappa shape index (κ2) is 4.49. The number of fused-ring (bicyclic) bond motifs is 1. The van der Waals surface area contributed by atoms with Gasteiger partial charge in [-0.1, -0.05) is 0 Å². The van der Waals surface area contributed by atoms with Crippen LogP contribution >= 0.6 is 0 Å². The van der Waals surface area contributed by atoms with Crippen LogP contribution in [0.15, 0.2) is 12.4 Å². The largest absolute Gasteiger partial charge is 0.459 e. The van der Waals surface area contributed by atoms with Crippen LogP contribution in [0.3, 0.4) is 0 Å². The summed E-state index contributed by atoms with van der Waals surface area (Å²) < 4.78 is 7.42. The molecule has 2 heterocycles. The summed E-state index contributed by atoms with van der Waals surface area (Å²) >= 11 is 0. The molecule has 0 fully saturated rings. The van der Waals surface area contributed by atoms with Crippen molar-refractivity contribution in [3.63, 3.8) is 0 Å². The summed E-state index contributed by atoms with van der Waals surface area (Å²) in [6, 6.07) is 0. The van der Waals surface area contributed by atoms with E-state index in [1.54, 1.807) is 6.20 Å². The molecule has 0 bridgehead atoms. The third kappa shape index (κ3) is 3.30. The van der Waals surface area contributed by atoms with Gasteiger partial charge in [-0.25, -0.2) is 4.98 Å². The van der Waals surface area contributed by atoms with Crippen LogP contribution in [0.1, 0.15) is 26.6 Å². The van der Waals surface area contributed by atoms with Crippen LogP contribution < -0.4 is 0 Å². The van der Waals surface area contributed by atoms with Crippen molar-refractivity contribution in [1.29, 1.82) is 0 Å². The van der Waals surface area contributed by atoms with Crippen LogP contribution in [0.25, 0.3) is 0 Å². The maximum atomic E-state index is 11.7. The van der Waals surface area contributed by atoms with E-state index in [1.165, 1.54) is 0 Å². The average molecular weight is 237 g/mol. The quantitative estimate of drug-likeness (QED) is 0.721. The van der Waals surface area contributed by atoms with Gasteiger partial charge in [0.05, 0.1) is 13.1 Å². The molecule has 0 N–H and O–H groups in total. The van der Waals surface area contributed by atoms with Gasteiger partial charge in [0, 0.05) is 25.5 Å². The molecule has 1 aromatic heterocycles. The number of hydrogen-bond acceptors (Lipinski definition) is 4. The lowest BCUT2D eigenvalue weighted by molar-refractivity contribution is -0.156. The summed E-state index contributed by atoms with van der Waals surface area (Å²) in [6.07, 6.45) is 3.77. The highest BCUT2D eigenvalue weighted by Crippen LogP contribution is 2.12. The second-order valence-electron chi connectivity index (χ2n) is 5.33. The van der Waals surface area contributed by atoms with E-state index in [2.05, 4.69) is 14.5 Å². The van der Waals surface area contributed by atoms with Crippen LogP contribution in [0.5, 0.6) is 0 Å². The Labute approximate surface area is 101 Å². The Bertz CT molecular complexity index is 406. The first-order chi connectivity index (χ1) is 7.94. The minimum absolute atomic E-state index is 0.169. The van der Waals surface area contributed by atoms with E-state index in [0.29, 0.717) is 13.1 Å². The first-order valence-electron chi connectivity index (χ1n) is 5.88. The van der Waals surface area contributed by atoms with Crippen molar-refractivity contribution in [3.8, 4) is 0 Å². The standard InChI is InChI=1S/C12H19N3O2/c1-12(2,3)17-11(16)9-14-6-7-15-5-4-13-10(15)8-14/h4-5H,6-9H2,1-3H3. The van der Waals surface area contributed by atoms with E-state index >= 15 is 0 Å². The van der Waals surface area contributed by atoms with Crippen LogP contribution in [0.2, 0.25) is 0 Å². The molecule has 0 atom stereocenters. The molecule has 17 heavy (non-hydrogen) atoms. The predicted molar refractivity (Wildman–Crippen MR) is 63.3 cm³/mol. The molecule has 0 saturated heterocycles. The Morgan fingerprint density at radius 2 is 2.24 bits per heavy atom. The monoisotopic (exact) mass is 237 g/mol. The van der Waals surface area contributed by atoms with Gasteiger partial charge < -0.3 is 9.30 Å². The van der Waals surface area contributed by atoms with Gasteiger partial charge in [0.2, 0.25) is 0 Å². The number of nitrogens with zero attached hydrogens (tertiary/aromatic N) is 3. The van der Waals surface area contributed by atoms with Crippen LogP contribution in [-0.4, -0.2) is 39.1 Å². The molecule has 94 valence electrons. The smallest absolute Gasteiger partial charge is 0.320 e. The Morgan fingerprint density at radius 1 is 1.47 bits per heavy atom. The number of carbonyl (C=O) groups is 1. The Balaban J connectivity index is 1.88. The molecular weight excluding hydrogens is 218 g/mol. The average Bonchev–Trinajstić information content (AvgIpc) is 2.61. The molecule has 0 aromatic carbocycles. The number of rotatable bonds is 2. The molecule has 0 spiro atoms. The van der Waals surface area contributed by atoms with E-state index < -0.39 is 5.60 Å². The van der Waals surface area contributed by atoms with Crippen LogP contribution in [0.4, 0.5) is 0 Å². The molecule has 1 aromatic rings. The van der Waals surface area contributed by atoms with Gasteiger partial charge in [-0.15, -0.1) is 0 Å². The maximum absolute atomic E-state index is 11.7. The summed E-state index contributed by atoms with van der Waals surface area (Å²) in [4.78, 5) is 18.0. The van der Waals surface area contributed by atoms with Crippen LogP contribution in [0, 0.1) is 0 Å². The number of imidazole rings is 1. The first-order valence-corrected chi connectivity index (χ1v) is 5.88. The molecular formula is C12H19N3O2. The highest BCUT2D eigenvalue weighted by molar-refractivity contribution is 5.72. The number of hydrogen-bond donors (Lipinski definition) is 0. The molecule has 0 saturated carbocycles. The molecule has 1 aliphatic heterocycles. The van der Waals surface area contributed by atoms with Gasteiger partial charge in [-0.05, 0) is 20.8 Å².